The van der Waals surface area contributed by atoms with Gasteiger partial charge in [0.1, 0.15) is 17.2 Å². The van der Waals surface area contributed by atoms with Gasteiger partial charge in [-0.15, -0.1) is 0 Å². The fourth-order valence-electron chi connectivity index (χ4n) is 1.30. The average Bonchev–Trinajstić information content (AvgIpc) is 2.38. The maximum absolute atomic E-state index is 5.92. The highest BCUT2D eigenvalue weighted by Gasteiger charge is 2.01. The number of ether oxygens (including phenoxy) is 1. The normalized spacial score (nSPS) is 10.0. The van der Waals surface area contributed by atoms with Gasteiger partial charge in [-0.25, -0.2) is 15.0 Å². The summed E-state index contributed by atoms with van der Waals surface area (Å²) in [4.78, 5) is 11.9. The summed E-state index contributed by atoms with van der Waals surface area (Å²) < 4.78 is 5.04. The smallest absolute Gasteiger partial charge is 0.213 e. The van der Waals surface area contributed by atoms with Crippen molar-refractivity contribution in [3.8, 4) is 5.88 Å². The van der Waals surface area contributed by atoms with Crippen LogP contribution in [0.25, 0.3) is 0 Å². The van der Waals surface area contributed by atoms with Crippen molar-refractivity contribution in [2.75, 3.05) is 12.4 Å². The van der Waals surface area contributed by atoms with E-state index in [4.69, 9.17) is 16.3 Å². The Balaban J connectivity index is 2.05. The molecule has 0 aliphatic carbocycles. The Morgan fingerprint density at radius 2 is 2.29 bits per heavy atom. The standard InChI is InChI=1S/C11H11ClN4O/c1-17-10-4-8(2-3-14-10)5-15-11-9(12)6-13-7-16-11/h2-4,6-7H,5H2,1H3,(H,13,15,16). The van der Waals surface area contributed by atoms with Gasteiger partial charge in [-0.3, -0.25) is 0 Å². The summed E-state index contributed by atoms with van der Waals surface area (Å²) in [7, 11) is 1.58. The van der Waals surface area contributed by atoms with Crippen molar-refractivity contribution in [3.63, 3.8) is 0 Å². The summed E-state index contributed by atoms with van der Waals surface area (Å²) in [6.07, 6.45) is 4.68. The van der Waals surface area contributed by atoms with Crippen LogP contribution in [0.3, 0.4) is 0 Å². The maximum atomic E-state index is 5.92. The van der Waals surface area contributed by atoms with E-state index in [1.54, 1.807) is 19.5 Å². The Hall–Kier alpha value is -1.88. The van der Waals surface area contributed by atoms with E-state index in [9.17, 15) is 0 Å². The van der Waals surface area contributed by atoms with E-state index in [0.717, 1.165) is 5.56 Å². The second-order valence-electron chi connectivity index (χ2n) is 3.28. The van der Waals surface area contributed by atoms with Gasteiger partial charge in [0.25, 0.3) is 0 Å². The molecule has 0 aromatic carbocycles. The van der Waals surface area contributed by atoms with Crippen LogP contribution >= 0.6 is 11.6 Å². The minimum Gasteiger partial charge on any atom is -0.481 e. The minimum atomic E-state index is 0.494. The molecule has 2 rings (SSSR count). The molecular formula is C11H11ClN4O. The molecule has 0 atom stereocenters. The van der Waals surface area contributed by atoms with Crippen LogP contribution in [0.4, 0.5) is 5.82 Å². The zero-order valence-corrected chi connectivity index (χ0v) is 9.98. The van der Waals surface area contributed by atoms with Gasteiger partial charge in [0.2, 0.25) is 5.88 Å². The summed E-state index contributed by atoms with van der Waals surface area (Å²) in [5.41, 5.74) is 1.03. The Morgan fingerprint density at radius 3 is 3.06 bits per heavy atom. The number of nitrogens with zero attached hydrogens (tertiary/aromatic N) is 3. The first-order valence-corrected chi connectivity index (χ1v) is 5.35. The van der Waals surface area contributed by atoms with Crippen LogP contribution in [-0.2, 0) is 6.54 Å². The molecule has 0 bridgehead atoms. The first-order valence-electron chi connectivity index (χ1n) is 4.98. The van der Waals surface area contributed by atoms with Crippen LogP contribution in [0.1, 0.15) is 5.56 Å². The predicted molar refractivity (Wildman–Crippen MR) is 65.2 cm³/mol. The molecule has 0 radical (unpaired) electrons. The number of halogens is 1. The molecule has 0 saturated carbocycles. The van der Waals surface area contributed by atoms with Crippen LogP contribution in [0.2, 0.25) is 5.02 Å². The number of hydrogen-bond donors (Lipinski definition) is 1. The van der Waals surface area contributed by atoms with Crippen molar-refractivity contribution < 1.29 is 4.74 Å². The molecule has 5 nitrogen and oxygen atoms in total. The van der Waals surface area contributed by atoms with Gasteiger partial charge in [0.05, 0.1) is 13.3 Å². The van der Waals surface area contributed by atoms with Gasteiger partial charge in [-0.1, -0.05) is 11.6 Å². The Morgan fingerprint density at radius 1 is 1.41 bits per heavy atom. The largest absolute Gasteiger partial charge is 0.481 e. The third-order valence-electron chi connectivity index (χ3n) is 2.14. The molecule has 0 saturated heterocycles. The topological polar surface area (TPSA) is 59.9 Å². The van der Waals surface area contributed by atoms with Crippen LogP contribution in [0.5, 0.6) is 5.88 Å². The fraction of sp³-hybridized carbons (Fsp3) is 0.182. The van der Waals surface area contributed by atoms with Gasteiger partial charge >= 0.3 is 0 Å². The lowest BCUT2D eigenvalue weighted by Gasteiger charge is -2.07. The number of pyridine rings is 1. The quantitative estimate of drug-likeness (QED) is 0.901. The number of anilines is 1. The fourth-order valence-corrected chi connectivity index (χ4v) is 1.47. The summed E-state index contributed by atoms with van der Waals surface area (Å²) in [6, 6.07) is 3.74. The number of aromatic nitrogens is 3. The van der Waals surface area contributed by atoms with Crippen molar-refractivity contribution >= 4 is 17.4 Å². The van der Waals surface area contributed by atoms with Crippen molar-refractivity contribution in [2.24, 2.45) is 0 Å². The molecule has 1 N–H and O–H groups in total. The van der Waals surface area contributed by atoms with Crippen LogP contribution in [0, 0.1) is 0 Å². The Bertz CT molecular complexity index is 506. The van der Waals surface area contributed by atoms with Crippen LogP contribution in [0.15, 0.2) is 30.9 Å². The highest BCUT2D eigenvalue weighted by atomic mass is 35.5. The first-order chi connectivity index (χ1) is 8.29. The van der Waals surface area contributed by atoms with Gasteiger partial charge < -0.3 is 10.1 Å². The van der Waals surface area contributed by atoms with E-state index in [-0.39, 0.29) is 0 Å². The lowest BCUT2D eigenvalue weighted by Crippen LogP contribution is -2.02. The monoisotopic (exact) mass is 250 g/mol. The lowest BCUT2D eigenvalue weighted by atomic mass is 10.2. The zero-order chi connectivity index (χ0) is 12.1. The van der Waals surface area contributed by atoms with Crippen LogP contribution in [-0.4, -0.2) is 22.1 Å². The van der Waals surface area contributed by atoms with E-state index >= 15 is 0 Å². The average molecular weight is 251 g/mol. The van der Waals surface area contributed by atoms with Crippen molar-refractivity contribution in [3.05, 3.63) is 41.4 Å². The minimum absolute atomic E-state index is 0.494. The molecule has 0 spiro atoms. The molecule has 0 fully saturated rings. The van der Waals surface area contributed by atoms with E-state index in [1.165, 1.54) is 6.33 Å². The number of methoxy groups -OCH3 is 1. The second-order valence-corrected chi connectivity index (χ2v) is 3.69. The zero-order valence-electron chi connectivity index (χ0n) is 9.22. The van der Waals surface area contributed by atoms with Gasteiger partial charge in [0.15, 0.2) is 0 Å². The molecular weight excluding hydrogens is 240 g/mol. The molecule has 88 valence electrons. The maximum Gasteiger partial charge on any atom is 0.213 e. The second kappa shape index (κ2) is 5.45. The van der Waals surface area contributed by atoms with Gasteiger partial charge in [-0.05, 0) is 11.6 Å². The molecule has 17 heavy (non-hydrogen) atoms. The number of nitrogens with one attached hydrogen (secondary N) is 1. The third-order valence-corrected chi connectivity index (χ3v) is 2.41. The molecule has 2 aromatic heterocycles. The van der Waals surface area contributed by atoms with E-state index < -0.39 is 0 Å². The molecule has 2 aromatic rings. The molecule has 6 heteroatoms. The summed E-state index contributed by atoms with van der Waals surface area (Å²) in [5.74, 6) is 1.19. The van der Waals surface area contributed by atoms with E-state index in [0.29, 0.717) is 23.3 Å². The number of rotatable bonds is 4. The summed E-state index contributed by atoms with van der Waals surface area (Å²) in [6.45, 7) is 0.593. The van der Waals surface area contributed by atoms with E-state index in [2.05, 4.69) is 20.3 Å². The molecule has 2 heterocycles. The summed E-state index contributed by atoms with van der Waals surface area (Å²) in [5, 5.41) is 3.61. The Labute approximate surface area is 104 Å². The number of hydrogen-bond acceptors (Lipinski definition) is 5. The van der Waals surface area contributed by atoms with Gasteiger partial charge in [0, 0.05) is 18.8 Å². The molecule has 0 unspecified atom stereocenters. The third kappa shape index (κ3) is 3.04. The summed E-state index contributed by atoms with van der Waals surface area (Å²) >= 11 is 5.92. The molecule has 0 amide bonds. The van der Waals surface area contributed by atoms with E-state index in [1.807, 2.05) is 12.1 Å². The SMILES string of the molecule is COc1cc(CNc2ncncc2Cl)ccn1. The van der Waals surface area contributed by atoms with Crippen LogP contribution < -0.4 is 10.1 Å². The molecule has 0 aliphatic rings. The highest BCUT2D eigenvalue weighted by molar-refractivity contribution is 6.32. The molecule has 0 aliphatic heterocycles. The lowest BCUT2D eigenvalue weighted by molar-refractivity contribution is 0.397. The highest BCUT2D eigenvalue weighted by Crippen LogP contribution is 2.17. The van der Waals surface area contributed by atoms with Crippen molar-refractivity contribution in [1.82, 2.24) is 15.0 Å². The van der Waals surface area contributed by atoms with Crippen molar-refractivity contribution in [1.29, 1.82) is 0 Å². The Kier molecular flexibility index (Phi) is 3.72. The first kappa shape index (κ1) is 11.6. The van der Waals surface area contributed by atoms with Crippen molar-refractivity contribution in [2.45, 2.75) is 6.54 Å². The predicted octanol–water partition coefficient (Wildman–Crippen LogP) is 2.15. The van der Waals surface area contributed by atoms with Gasteiger partial charge in [-0.2, -0.15) is 0 Å².